The fourth-order valence-electron chi connectivity index (χ4n) is 4.49. The Balaban J connectivity index is 1.54. The van der Waals surface area contributed by atoms with Crippen LogP contribution in [0.15, 0.2) is 48.8 Å². The van der Waals surface area contributed by atoms with Crippen LogP contribution in [0.5, 0.6) is 5.75 Å². The predicted molar refractivity (Wildman–Crippen MR) is 154 cm³/mol. The molecule has 0 bridgehead atoms. The van der Waals surface area contributed by atoms with Crippen molar-refractivity contribution in [3.8, 4) is 17.0 Å². The number of aromatic nitrogens is 3. The molecule has 2 aromatic carbocycles. The number of rotatable bonds is 11. The first-order valence-corrected chi connectivity index (χ1v) is 13.0. The average Bonchev–Trinajstić information content (AvgIpc) is 3.27. The Kier molecular flexibility index (Phi) is 7.99. The zero-order valence-corrected chi connectivity index (χ0v) is 23.2. The van der Waals surface area contributed by atoms with Crippen LogP contribution in [-0.4, -0.2) is 83.9 Å². The summed E-state index contributed by atoms with van der Waals surface area (Å²) in [5, 5.41) is 19.0. The first-order chi connectivity index (χ1) is 19.7. The van der Waals surface area contributed by atoms with Crippen LogP contribution in [0, 0.1) is 10.1 Å². The smallest absolute Gasteiger partial charge is 0.342 e. The number of hydrogen-bond acceptors (Lipinski definition) is 11. The highest BCUT2D eigenvalue weighted by Gasteiger charge is 2.27. The number of methoxy groups -OCH3 is 1. The van der Waals surface area contributed by atoms with E-state index in [4.69, 9.17) is 19.2 Å². The molecule has 0 unspecified atom stereocenters. The second-order valence-corrected chi connectivity index (χ2v) is 9.87. The normalized spacial score (nSPS) is 13.2. The lowest BCUT2D eigenvalue weighted by atomic mass is 10.1. The predicted octanol–water partition coefficient (Wildman–Crippen LogP) is 3.82. The van der Waals surface area contributed by atoms with Gasteiger partial charge in [0.25, 0.3) is 5.69 Å². The first kappa shape index (κ1) is 27.8. The summed E-state index contributed by atoms with van der Waals surface area (Å²) in [4.78, 5) is 35.6. The molecule has 0 radical (unpaired) electrons. The van der Waals surface area contributed by atoms with Crippen molar-refractivity contribution >= 4 is 39.9 Å². The molecule has 0 saturated carbocycles. The standard InChI is InChI=1S/C28H31N7O6/c1-33(2)10-9-29-21-12-25(39-4)22(11-24(21)35(37)38)31-28-30-13-19(27(36)41-17-15-40-16-17)26(32-28)20-14-34(3)23-8-6-5-7-18(20)23/h5-8,11-14,17,29H,9-10,15-16H2,1-4H3,(H,30,31,32). The SMILES string of the molecule is COc1cc(NCCN(C)C)c([N+](=O)[O-])cc1Nc1ncc(C(=O)OC2COC2)c(-c2cn(C)c3ccccc23)n1. The largest absolute Gasteiger partial charge is 0.494 e. The van der Waals surface area contributed by atoms with Gasteiger partial charge in [-0.1, -0.05) is 18.2 Å². The third-order valence-electron chi connectivity index (χ3n) is 6.68. The van der Waals surface area contributed by atoms with Crippen LogP contribution in [0.2, 0.25) is 0 Å². The molecular weight excluding hydrogens is 530 g/mol. The number of carbonyl (C=O) groups excluding carboxylic acids is 1. The van der Waals surface area contributed by atoms with Crippen molar-refractivity contribution in [1.82, 2.24) is 19.4 Å². The molecular formula is C28H31N7O6. The Hall–Kier alpha value is -4.75. The van der Waals surface area contributed by atoms with Gasteiger partial charge in [0.15, 0.2) is 0 Å². The molecule has 1 aliphatic heterocycles. The molecule has 5 rings (SSSR count). The summed E-state index contributed by atoms with van der Waals surface area (Å²) in [6.45, 7) is 1.88. The van der Waals surface area contributed by atoms with Crippen molar-refractivity contribution in [3.63, 3.8) is 0 Å². The maximum Gasteiger partial charge on any atom is 0.342 e. The van der Waals surface area contributed by atoms with Crippen LogP contribution in [0.25, 0.3) is 22.2 Å². The number of para-hydroxylation sites is 1. The lowest BCUT2D eigenvalue weighted by Crippen LogP contribution is -2.38. The van der Waals surface area contributed by atoms with Gasteiger partial charge in [0, 0.05) is 61.1 Å². The van der Waals surface area contributed by atoms with Gasteiger partial charge in [0.1, 0.15) is 23.1 Å². The van der Waals surface area contributed by atoms with E-state index in [0.29, 0.717) is 54.7 Å². The van der Waals surface area contributed by atoms with Crippen molar-refractivity contribution in [2.24, 2.45) is 7.05 Å². The quantitative estimate of drug-likeness (QED) is 0.156. The van der Waals surface area contributed by atoms with Crippen molar-refractivity contribution in [2.75, 3.05) is 58.1 Å². The van der Waals surface area contributed by atoms with Gasteiger partial charge < -0.3 is 34.3 Å². The van der Waals surface area contributed by atoms with E-state index >= 15 is 0 Å². The highest BCUT2D eigenvalue weighted by molar-refractivity contribution is 6.03. The van der Waals surface area contributed by atoms with Gasteiger partial charge in [-0.25, -0.2) is 14.8 Å². The van der Waals surface area contributed by atoms with E-state index in [9.17, 15) is 14.9 Å². The summed E-state index contributed by atoms with van der Waals surface area (Å²) in [6, 6.07) is 10.7. The minimum atomic E-state index is -0.561. The van der Waals surface area contributed by atoms with Crippen molar-refractivity contribution in [2.45, 2.75) is 6.10 Å². The summed E-state index contributed by atoms with van der Waals surface area (Å²) in [5.41, 5.74) is 2.71. The minimum Gasteiger partial charge on any atom is -0.494 e. The van der Waals surface area contributed by atoms with Gasteiger partial charge >= 0.3 is 5.97 Å². The Morgan fingerprint density at radius 1 is 1.24 bits per heavy atom. The third kappa shape index (κ3) is 5.90. The molecule has 13 nitrogen and oxygen atoms in total. The summed E-state index contributed by atoms with van der Waals surface area (Å²) in [7, 11) is 7.22. The number of ether oxygens (including phenoxy) is 3. The monoisotopic (exact) mass is 561 g/mol. The van der Waals surface area contributed by atoms with Gasteiger partial charge in [-0.05, 0) is 20.2 Å². The van der Waals surface area contributed by atoms with Crippen LogP contribution in [0.1, 0.15) is 10.4 Å². The molecule has 41 heavy (non-hydrogen) atoms. The first-order valence-electron chi connectivity index (χ1n) is 13.0. The minimum absolute atomic E-state index is 0.123. The number of aryl methyl sites for hydroxylation is 1. The van der Waals surface area contributed by atoms with Crippen LogP contribution >= 0.6 is 0 Å². The van der Waals surface area contributed by atoms with Crippen LogP contribution in [0.3, 0.4) is 0 Å². The van der Waals surface area contributed by atoms with E-state index in [0.717, 1.165) is 10.9 Å². The number of hydrogen-bond donors (Lipinski definition) is 2. The van der Waals surface area contributed by atoms with Gasteiger partial charge in [0.2, 0.25) is 5.95 Å². The number of carbonyl (C=O) groups is 1. The summed E-state index contributed by atoms with van der Waals surface area (Å²) in [5.74, 6) is -0.0849. The van der Waals surface area contributed by atoms with Gasteiger partial charge in [-0.3, -0.25) is 10.1 Å². The Bertz CT molecular complexity index is 1600. The number of nitro groups is 1. The molecule has 1 aliphatic rings. The number of fused-ring (bicyclic) bond motifs is 1. The Morgan fingerprint density at radius 3 is 2.71 bits per heavy atom. The zero-order chi connectivity index (χ0) is 29.1. The summed E-state index contributed by atoms with van der Waals surface area (Å²) < 4.78 is 18.2. The number of likely N-dealkylation sites (N-methyl/N-ethyl adjacent to an activating group) is 1. The van der Waals surface area contributed by atoms with Crippen molar-refractivity contribution in [1.29, 1.82) is 0 Å². The molecule has 0 atom stereocenters. The highest BCUT2D eigenvalue weighted by atomic mass is 16.6. The fraction of sp³-hybridized carbons (Fsp3) is 0.321. The molecule has 1 fully saturated rings. The van der Waals surface area contributed by atoms with Crippen molar-refractivity contribution < 1.29 is 23.9 Å². The van der Waals surface area contributed by atoms with Crippen LogP contribution in [-0.2, 0) is 16.5 Å². The maximum atomic E-state index is 13.2. The summed E-state index contributed by atoms with van der Waals surface area (Å²) in [6.07, 6.45) is 2.96. The number of anilines is 3. The fourth-order valence-corrected chi connectivity index (χ4v) is 4.49. The van der Waals surface area contributed by atoms with Crippen LogP contribution < -0.4 is 15.4 Å². The second kappa shape index (κ2) is 11.8. The lowest BCUT2D eigenvalue weighted by Gasteiger charge is -2.25. The van der Waals surface area contributed by atoms with Gasteiger partial charge in [0.05, 0.1) is 36.6 Å². The molecule has 4 aromatic rings. The van der Waals surface area contributed by atoms with Gasteiger partial charge in [-0.15, -0.1) is 0 Å². The van der Waals surface area contributed by atoms with Crippen LogP contribution in [0.4, 0.5) is 23.0 Å². The molecule has 2 N–H and O–H groups in total. The molecule has 0 spiro atoms. The second-order valence-electron chi connectivity index (χ2n) is 9.87. The Morgan fingerprint density at radius 2 is 2.02 bits per heavy atom. The molecule has 0 aliphatic carbocycles. The van der Waals surface area contributed by atoms with Gasteiger partial charge in [-0.2, -0.15) is 0 Å². The van der Waals surface area contributed by atoms with Crippen molar-refractivity contribution in [3.05, 3.63) is 64.5 Å². The summed E-state index contributed by atoms with van der Waals surface area (Å²) >= 11 is 0. The maximum absolute atomic E-state index is 13.2. The number of nitrogens with one attached hydrogen (secondary N) is 2. The topological polar surface area (TPSA) is 146 Å². The molecule has 2 aromatic heterocycles. The number of benzene rings is 2. The lowest BCUT2D eigenvalue weighted by molar-refractivity contribution is -0.383. The molecule has 13 heteroatoms. The molecule has 214 valence electrons. The molecule has 0 amide bonds. The molecule has 3 heterocycles. The van der Waals surface area contributed by atoms with E-state index in [1.54, 1.807) is 6.07 Å². The average molecular weight is 562 g/mol. The van der Waals surface area contributed by atoms with E-state index in [-0.39, 0.29) is 23.3 Å². The number of esters is 1. The highest BCUT2D eigenvalue weighted by Crippen LogP contribution is 2.38. The number of nitro benzene ring substituents is 1. The zero-order valence-electron chi connectivity index (χ0n) is 23.2. The Labute approximate surface area is 236 Å². The van der Waals surface area contributed by atoms with E-state index < -0.39 is 10.9 Å². The third-order valence-corrected chi connectivity index (χ3v) is 6.68. The number of nitrogens with zero attached hydrogens (tertiary/aromatic N) is 5. The van der Waals surface area contributed by atoms with E-state index in [1.807, 2.05) is 61.1 Å². The molecule has 1 saturated heterocycles. The van der Waals surface area contributed by atoms with E-state index in [1.165, 1.54) is 19.4 Å². The van der Waals surface area contributed by atoms with E-state index in [2.05, 4.69) is 15.6 Å².